The van der Waals surface area contributed by atoms with Crippen LogP contribution in [0.3, 0.4) is 0 Å². The smallest absolute Gasteiger partial charge is 0.445 e. The maximum atomic E-state index is 16.7. The fraction of sp³-hybridized carbons (Fsp3) is 0.282. The van der Waals surface area contributed by atoms with Crippen molar-refractivity contribution in [2.75, 3.05) is 26.7 Å². The molecule has 0 aliphatic heterocycles. The van der Waals surface area contributed by atoms with Crippen molar-refractivity contribution in [1.29, 1.82) is 0 Å². The third-order valence-electron chi connectivity index (χ3n) is 17.3. The molecule has 23 nitrogen and oxygen atoms in total. The van der Waals surface area contributed by atoms with E-state index in [0.717, 1.165) is 16.7 Å². The van der Waals surface area contributed by atoms with Gasteiger partial charge >= 0.3 is 37.4 Å². The highest BCUT2D eigenvalue weighted by Crippen LogP contribution is 2.63. The number of alkyl carbamates (subject to hydrolysis) is 1. The van der Waals surface area contributed by atoms with Gasteiger partial charge in [0.1, 0.15) is 56.8 Å². The van der Waals surface area contributed by atoms with Gasteiger partial charge in [0.25, 0.3) is 0 Å². The van der Waals surface area contributed by atoms with Crippen molar-refractivity contribution in [3.63, 3.8) is 0 Å². The van der Waals surface area contributed by atoms with Crippen LogP contribution in [-0.2, 0) is 162 Å². The quantitative estimate of drug-likeness (QED) is 0.0211. The van der Waals surface area contributed by atoms with Crippen LogP contribution in [0.15, 0.2) is 303 Å². The number of hydrogen-bond donors (Lipinski definition) is 1. The van der Waals surface area contributed by atoms with Crippen LogP contribution in [0.1, 0.15) is 81.3 Å². The zero-order valence-corrected chi connectivity index (χ0v) is 65.4. The number of hydrogen-bond acceptors (Lipinski definition) is 22. The first-order valence-electron chi connectivity index (χ1n) is 36.8. The van der Waals surface area contributed by atoms with Crippen LogP contribution in [-0.4, -0.2) is 69.5 Å². The third kappa shape index (κ3) is 29.0. The van der Waals surface area contributed by atoms with Crippen LogP contribution in [0.25, 0.3) is 0 Å². The maximum absolute atomic E-state index is 16.7. The maximum Gasteiger partial charge on any atom is 0.475 e. The summed E-state index contributed by atoms with van der Waals surface area (Å²) in [4.78, 5) is 12.7. The molecular formula is C85H93NO22P4. The summed E-state index contributed by atoms with van der Waals surface area (Å²) in [6.07, 6.45) is -11.2. The first-order chi connectivity index (χ1) is 54.8. The molecule has 1 saturated carbocycles. The number of rotatable bonds is 49. The van der Waals surface area contributed by atoms with Crippen molar-refractivity contribution in [3.8, 4) is 0 Å². The number of phosphoric acid groups is 4. The summed E-state index contributed by atoms with van der Waals surface area (Å²) < 4.78 is 179. The lowest BCUT2D eigenvalue weighted by molar-refractivity contribution is -0.264. The fourth-order valence-electron chi connectivity index (χ4n) is 11.5. The summed E-state index contributed by atoms with van der Waals surface area (Å²) >= 11 is 0. The number of amides is 1. The van der Waals surface area contributed by atoms with E-state index < -0.39 is 127 Å². The van der Waals surface area contributed by atoms with Gasteiger partial charge in [-0.1, -0.05) is 316 Å². The van der Waals surface area contributed by atoms with Crippen molar-refractivity contribution in [2.45, 2.75) is 128 Å². The number of nitrogens with one attached hydrogen (secondary N) is 1. The molecule has 7 atom stereocenters. The number of carbonyl (C=O) groups excluding carboxylic acids is 1. The van der Waals surface area contributed by atoms with Gasteiger partial charge in [0.15, 0.2) is 0 Å². The van der Waals surface area contributed by atoms with E-state index in [4.69, 9.17) is 78.0 Å². The number of ether oxygens (including phenoxy) is 5. The van der Waals surface area contributed by atoms with Crippen LogP contribution in [0, 0.1) is 0 Å². The fourth-order valence-corrected chi connectivity index (χ4v) is 16.9. The van der Waals surface area contributed by atoms with Gasteiger partial charge in [-0.2, -0.15) is 0 Å². The van der Waals surface area contributed by atoms with E-state index in [1.54, 1.807) is 212 Å². The Kier molecular flexibility index (Phi) is 34.5. The summed E-state index contributed by atoms with van der Waals surface area (Å²) in [5.41, 5.74) is 6.04. The molecule has 112 heavy (non-hydrogen) atoms. The summed E-state index contributed by atoms with van der Waals surface area (Å²) in [5.74, 6) is 0. The van der Waals surface area contributed by atoms with Crippen molar-refractivity contribution in [1.82, 2.24) is 5.32 Å². The molecule has 0 bridgehead atoms. The first kappa shape index (κ1) is 84.7. The molecule has 1 aliphatic rings. The third-order valence-corrected chi connectivity index (χ3v) is 22.9. The summed E-state index contributed by atoms with van der Waals surface area (Å²) in [6, 6.07) is 89.4. The molecule has 1 aliphatic carbocycles. The Hall–Kier alpha value is -8.25. The van der Waals surface area contributed by atoms with Gasteiger partial charge in [0.05, 0.1) is 66.1 Å². The van der Waals surface area contributed by atoms with E-state index in [2.05, 4.69) is 5.32 Å². The highest BCUT2D eigenvalue weighted by molar-refractivity contribution is 7.49. The molecule has 0 spiro atoms. The second kappa shape index (κ2) is 45.6. The van der Waals surface area contributed by atoms with E-state index in [-0.39, 0.29) is 39.5 Å². The van der Waals surface area contributed by atoms with Crippen molar-refractivity contribution in [2.24, 2.45) is 0 Å². The second-order valence-corrected chi connectivity index (χ2v) is 32.3. The first-order valence-corrected chi connectivity index (χ1v) is 42.7. The van der Waals surface area contributed by atoms with E-state index in [1.807, 2.05) is 91.0 Å². The van der Waals surface area contributed by atoms with Gasteiger partial charge in [-0.25, -0.2) is 23.1 Å². The van der Waals surface area contributed by atoms with Gasteiger partial charge < -0.3 is 29.0 Å². The average molecular weight is 1600 g/mol. The molecule has 0 radical (unpaired) electrons. The van der Waals surface area contributed by atoms with Crippen LogP contribution in [0.4, 0.5) is 4.79 Å². The Balaban J connectivity index is 1.07. The topological polar surface area (TPSA) is 254 Å². The zero-order valence-electron chi connectivity index (χ0n) is 61.8. The molecule has 0 aromatic heterocycles. The minimum absolute atomic E-state index is 0.0465. The molecule has 590 valence electrons. The molecule has 3 unspecified atom stereocenters. The molecule has 0 heterocycles. The molecule has 1 fully saturated rings. The summed E-state index contributed by atoms with van der Waals surface area (Å²) in [5, 5.41) is 2.80. The average Bonchev–Trinajstić information content (AvgIpc) is 0.741. The number of unbranched alkanes of at least 4 members (excludes halogenated alkanes) is 3. The Bertz CT molecular complexity index is 4180. The second-order valence-electron chi connectivity index (χ2n) is 25.8. The molecular weight excluding hydrogens is 1510 g/mol. The predicted molar refractivity (Wildman–Crippen MR) is 420 cm³/mol. The number of benzene rings is 10. The lowest BCUT2D eigenvalue weighted by atomic mass is 9.84. The van der Waals surface area contributed by atoms with Crippen LogP contribution >= 0.6 is 31.3 Å². The normalized spacial score (nSPS) is 17.1. The highest BCUT2D eigenvalue weighted by atomic mass is 31.2. The molecule has 10 aromatic carbocycles. The van der Waals surface area contributed by atoms with Crippen molar-refractivity contribution in [3.05, 3.63) is 359 Å². The minimum Gasteiger partial charge on any atom is -0.445 e. The Morgan fingerprint density at radius 2 is 0.464 bits per heavy atom. The Labute approximate surface area is 654 Å². The van der Waals surface area contributed by atoms with Crippen LogP contribution in [0.2, 0.25) is 0 Å². The Morgan fingerprint density at radius 3 is 0.732 bits per heavy atom. The Morgan fingerprint density at radius 1 is 0.250 bits per heavy atom. The highest BCUT2D eigenvalue weighted by Gasteiger charge is 2.62. The largest absolute Gasteiger partial charge is 0.475 e. The zero-order chi connectivity index (χ0) is 77.6. The van der Waals surface area contributed by atoms with Gasteiger partial charge in [0.2, 0.25) is 0 Å². The van der Waals surface area contributed by atoms with E-state index in [1.165, 1.54) is 0 Å². The number of carbonyl (C=O) groups is 1. The van der Waals surface area contributed by atoms with Gasteiger partial charge in [-0.3, -0.25) is 54.3 Å². The lowest BCUT2D eigenvalue weighted by Crippen LogP contribution is -2.67. The standard InChI is InChI=1S/C85H93NO22P4/c87-85(94-59-71-39-17-5-18-40-71)86-55-33-1-2-34-56-97-109(88,98-60-72-41-19-6-20-42-72)105-81-79(95-67-92-57-69-35-13-3-14-36-69)82(106-110(89,99-61-73-43-21-7-22-44-73)100-62-74-45-23-8-24-46-74)84(108-112(91,103-65-77-51-29-11-30-52-77)104-66-78-53-31-12-32-54-78)83(80(81)96-68-93-58-70-37-15-4-16-38-70)107-111(90,101-63-75-47-25-9-26-48-75)102-64-76-49-27-10-28-50-76/h3-32,35-54,79-84H,1-2,33-34,55-68H2,(H,86,87)/t79-,80-,81?,82-,83+,84?,109?/m0/s1. The van der Waals surface area contributed by atoms with Gasteiger partial charge in [-0.05, 0) is 68.5 Å². The lowest BCUT2D eigenvalue weighted by Gasteiger charge is -2.49. The summed E-state index contributed by atoms with van der Waals surface area (Å²) in [7, 11) is -21.0. The summed E-state index contributed by atoms with van der Waals surface area (Å²) in [6.45, 7) is -4.04. The molecule has 0 saturated heterocycles. The van der Waals surface area contributed by atoms with E-state index >= 15 is 18.3 Å². The van der Waals surface area contributed by atoms with Crippen LogP contribution in [0.5, 0.6) is 0 Å². The predicted octanol–water partition coefficient (Wildman–Crippen LogP) is 20.1. The molecule has 27 heteroatoms. The molecule has 10 aromatic rings. The molecule has 11 rings (SSSR count). The monoisotopic (exact) mass is 1600 g/mol. The van der Waals surface area contributed by atoms with E-state index in [0.29, 0.717) is 64.8 Å². The van der Waals surface area contributed by atoms with Crippen LogP contribution < -0.4 is 5.32 Å². The molecule has 1 N–H and O–H groups in total. The van der Waals surface area contributed by atoms with Gasteiger partial charge in [-0.15, -0.1) is 0 Å². The minimum atomic E-state index is -5.28. The van der Waals surface area contributed by atoms with Crippen molar-refractivity contribution >= 4 is 37.4 Å². The van der Waals surface area contributed by atoms with Gasteiger partial charge in [0, 0.05) is 6.54 Å². The SMILES string of the molecule is O=C(NCCCCCCOP(=O)(OCc1ccccc1)OC1[C@H](OCOCc2ccccc2)[C@H](OP(=O)(OCc2ccccc2)OCc2ccccc2)C(OP(=O)(OCc2ccccc2)OCc2ccccc2)[C@H](OP(=O)(OCc2ccccc2)OCc2ccccc2)[C@H]1OCOCc1ccccc1)OCc1ccccc1. The van der Waals surface area contributed by atoms with E-state index in [9.17, 15) is 4.79 Å². The number of phosphoric ester groups is 4. The molecule has 1 amide bonds. The van der Waals surface area contributed by atoms with Crippen molar-refractivity contribution < 1.29 is 101 Å².